The molecule has 6 nitrogen and oxygen atoms in total. The van der Waals surface area contributed by atoms with Gasteiger partial charge in [0.2, 0.25) is 5.91 Å². The molecular formula is C24H49N2NaO4. The Bertz CT molecular complexity index is 417. The van der Waals surface area contributed by atoms with E-state index < -0.39 is 5.97 Å². The van der Waals surface area contributed by atoms with Crippen molar-refractivity contribution in [2.75, 3.05) is 32.8 Å². The molecule has 0 aromatic rings. The van der Waals surface area contributed by atoms with Gasteiger partial charge < -0.3 is 17.0 Å². The van der Waals surface area contributed by atoms with E-state index in [0.717, 1.165) is 12.8 Å². The second-order valence-corrected chi connectivity index (χ2v) is 8.44. The van der Waals surface area contributed by atoms with Gasteiger partial charge in [-0.05, 0) is 6.42 Å². The van der Waals surface area contributed by atoms with E-state index >= 15 is 0 Å². The second kappa shape index (κ2) is 26.1. The molecule has 0 fully saturated rings. The molecule has 0 aliphatic rings. The number of aliphatic hydroxyl groups excluding tert-OH is 1. The van der Waals surface area contributed by atoms with Gasteiger partial charge in [-0.2, -0.15) is 0 Å². The van der Waals surface area contributed by atoms with Crippen molar-refractivity contribution in [2.45, 2.75) is 110 Å². The van der Waals surface area contributed by atoms with Gasteiger partial charge in [-0.1, -0.05) is 96.8 Å². The number of carbonyl (C=O) groups is 2. The SMILES string of the molecule is CCCCCCCCCCCCCCCCCC(=O)NCCN(CCO)CC(=O)O.[H-].[Na+]. The molecule has 3 N–H and O–H groups in total. The molecule has 0 radical (unpaired) electrons. The Morgan fingerprint density at radius 1 is 0.774 bits per heavy atom. The summed E-state index contributed by atoms with van der Waals surface area (Å²) in [6, 6.07) is 0. The molecule has 0 heterocycles. The van der Waals surface area contributed by atoms with E-state index in [9.17, 15) is 9.59 Å². The summed E-state index contributed by atoms with van der Waals surface area (Å²) >= 11 is 0. The number of hydrogen-bond donors (Lipinski definition) is 3. The zero-order valence-electron chi connectivity index (χ0n) is 21.5. The predicted octanol–water partition coefficient (Wildman–Crippen LogP) is 1.86. The molecule has 180 valence electrons. The van der Waals surface area contributed by atoms with Gasteiger partial charge in [-0.3, -0.25) is 14.5 Å². The molecule has 0 atom stereocenters. The summed E-state index contributed by atoms with van der Waals surface area (Å²) in [5.74, 6) is -0.892. The van der Waals surface area contributed by atoms with Crippen molar-refractivity contribution in [1.82, 2.24) is 10.2 Å². The fourth-order valence-electron chi connectivity index (χ4n) is 3.70. The molecular weight excluding hydrogens is 403 g/mol. The summed E-state index contributed by atoms with van der Waals surface area (Å²) in [6.45, 7) is 3.24. The Labute approximate surface area is 214 Å². The largest absolute Gasteiger partial charge is 1.00 e. The minimum Gasteiger partial charge on any atom is -1.00 e. The minimum absolute atomic E-state index is 0. The standard InChI is InChI=1S/C24H48N2O4.Na.H/c1-2-3-4-5-6-7-8-9-10-11-12-13-14-15-16-17-23(28)25-18-19-26(20-21-27)22-24(29)30;;/h27H,2-22H2,1H3,(H,25,28)(H,29,30);;/q;+1;-1. The number of aliphatic hydroxyl groups is 1. The van der Waals surface area contributed by atoms with Crippen LogP contribution >= 0.6 is 0 Å². The van der Waals surface area contributed by atoms with Gasteiger partial charge in [0, 0.05) is 26.1 Å². The van der Waals surface area contributed by atoms with Crippen molar-refractivity contribution in [2.24, 2.45) is 0 Å². The predicted molar refractivity (Wildman–Crippen MR) is 125 cm³/mol. The zero-order chi connectivity index (χ0) is 22.3. The van der Waals surface area contributed by atoms with Crippen LogP contribution in [0.3, 0.4) is 0 Å². The quantitative estimate of drug-likeness (QED) is 0.163. The van der Waals surface area contributed by atoms with Gasteiger partial charge >= 0.3 is 35.5 Å². The molecule has 0 saturated heterocycles. The van der Waals surface area contributed by atoms with Crippen molar-refractivity contribution in [3.05, 3.63) is 0 Å². The molecule has 1 amide bonds. The van der Waals surface area contributed by atoms with E-state index in [-0.39, 0.29) is 50.0 Å². The zero-order valence-corrected chi connectivity index (χ0v) is 22.5. The van der Waals surface area contributed by atoms with E-state index in [1.165, 1.54) is 83.5 Å². The van der Waals surface area contributed by atoms with E-state index in [1.807, 2.05) is 0 Å². The van der Waals surface area contributed by atoms with E-state index in [0.29, 0.717) is 26.1 Å². The number of carbonyl (C=O) groups excluding carboxylic acids is 1. The summed E-state index contributed by atoms with van der Waals surface area (Å²) in [6.07, 6.45) is 20.2. The number of hydrogen-bond acceptors (Lipinski definition) is 4. The molecule has 0 unspecified atom stereocenters. The Morgan fingerprint density at radius 3 is 1.65 bits per heavy atom. The van der Waals surface area contributed by atoms with Crippen LogP contribution in [0.5, 0.6) is 0 Å². The summed E-state index contributed by atoms with van der Waals surface area (Å²) in [7, 11) is 0. The maximum absolute atomic E-state index is 11.8. The fraction of sp³-hybridized carbons (Fsp3) is 0.917. The van der Waals surface area contributed by atoms with Gasteiger partial charge in [-0.25, -0.2) is 0 Å². The Kier molecular flexibility index (Phi) is 27.8. The van der Waals surface area contributed by atoms with Crippen LogP contribution in [0, 0.1) is 0 Å². The molecule has 0 aliphatic carbocycles. The first-order chi connectivity index (χ1) is 14.6. The summed E-state index contributed by atoms with van der Waals surface area (Å²) < 4.78 is 0. The molecule has 0 aromatic carbocycles. The van der Waals surface area contributed by atoms with E-state index in [1.54, 1.807) is 4.90 Å². The van der Waals surface area contributed by atoms with Crippen LogP contribution in [0.25, 0.3) is 0 Å². The molecule has 0 rings (SSSR count). The number of carboxylic acids is 1. The van der Waals surface area contributed by atoms with Gasteiger partial charge in [0.25, 0.3) is 0 Å². The average molecular weight is 453 g/mol. The van der Waals surface area contributed by atoms with Crippen molar-refractivity contribution >= 4 is 11.9 Å². The van der Waals surface area contributed by atoms with Gasteiger partial charge in [0.1, 0.15) is 0 Å². The van der Waals surface area contributed by atoms with Crippen molar-refractivity contribution < 1.29 is 50.8 Å². The van der Waals surface area contributed by atoms with Crippen LogP contribution in [0.15, 0.2) is 0 Å². The normalized spacial score (nSPS) is 10.8. The maximum atomic E-state index is 11.8. The molecule has 7 heteroatoms. The van der Waals surface area contributed by atoms with Crippen LogP contribution < -0.4 is 34.9 Å². The van der Waals surface area contributed by atoms with Crippen molar-refractivity contribution in [1.29, 1.82) is 0 Å². The third kappa shape index (κ3) is 26.0. The molecule has 31 heavy (non-hydrogen) atoms. The number of unbranched alkanes of at least 4 members (excludes halogenated alkanes) is 14. The van der Waals surface area contributed by atoms with E-state index in [2.05, 4.69) is 12.2 Å². The maximum Gasteiger partial charge on any atom is 1.00 e. The topological polar surface area (TPSA) is 89.9 Å². The summed E-state index contributed by atoms with van der Waals surface area (Å²) in [5.41, 5.74) is 0. The van der Waals surface area contributed by atoms with Crippen molar-refractivity contribution in [3.8, 4) is 0 Å². The van der Waals surface area contributed by atoms with Gasteiger partial charge in [0.15, 0.2) is 0 Å². The van der Waals surface area contributed by atoms with Crippen LogP contribution in [-0.2, 0) is 9.59 Å². The average Bonchev–Trinajstić information content (AvgIpc) is 2.70. The van der Waals surface area contributed by atoms with Crippen LogP contribution in [-0.4, -0.2) is 59.8 Å². The first-order valence-electron chi connectivity index (χ1n) is 12.4. The monoisotopic (exact) mass is 452 g/mol. The first kappa shape index (κ1) is 33.0. The van der Waals surface area contributed by atoms with Crippen LogP contribution in [0.4, 0.5) is 0 Å². The Morgan fingerprint density at radius 2 is 1.23 bits per heavy atom. The molecule has 0 aliphatic heterocycles. The second-order valence-electron chi connectivity index (χ2n) is 8.44. The molecule has 0 spiro atoms. The number of rotatable bonds is 23. The van der Waals surface area contributed by atoms with Crippen molar-refractivity contribution in [3.63, 3.8) is 0 Å². The summed E-state index contributed by atoms with van der Waals surface area (Å²) in [5, 5.41) is 20.6. The van der Waals surface area contributed by atoms with Crippen LogP contribution in [0.2, 0.25) is 0 Å². The summed E-state index contributed by atoms with van der Waals surface area (Å²) in [4.78, 5) is 24.2. The molecule has 0 bridgehead atoms. The van der Waals surface area contributed by atoms with Gasteiger partial charge in [0.05, 0.1) is 13.2 Å². The number of amides is 1. The number of carboxylic acid groups (broad SMARTS) is 1. The fourth-order valence-corrected chi connectivity index (χ4v) is 3.70. The van der Waals surface area contributed by atoms with Crippen LogP contribution in [0.1, 0.15) is 111 Å². The number of aliphatic carboxylic acids is 1. The minimum atomic E-state index is -0.924. The molecule has 0 saturated carbocycles. The first-order valence-corrected chi connectivity index (χ1v) is 12.4. The van der Waals surface area contributed by atoms with Gasteiger partial charge in [-0.15, -0.1) is 0 Å². The Balaban J connectivity index is -0.00000420. The third-order valence-corrected chi connectivity index (χ3v) is 5.53. The number of nitrogens with zero attached hydrogens (tertiary/aromatic N) is 1. The smallest absolute Gasteiger partial charge is 1.00 e. The number of nitrogens with one attached hydrogen (secondary N) is 1. The van der Waals surface area contributed by atoms with E-state index in [4.69, 9.17) is 10.2 Å². The molecule has 0 aromatic heterocycles. The third-order valence-electron chi connectivity index (χ3n) is 5.53. The Hall–Kier alpha value is -0.140.